The summed E-state index contributed by atoms with van der Waals surface area (Å²) in [5, 5.41) is 12.1. The third-order valence-corrected chi connectivity index (χ3v) is 6.04. The van der Waals surface area contributed by atoms with Gasteiger partial charge in [-0.05, 0) is 25.3 Å². The zero-order valence-corrected chi connectivity index (χ0v) is 14.6. The summed E-state index contributed by atoms with van der Waals surface area (Å²) >= 11 is 0. The molecule has 1 saturated heterocycles. The summed E-state index contributed by atoms with van der Waals surface area (Å²) in [5.41, 5.74) is -0.118. The summed E-state index contributed by atoms with van der Waals surface area (Å²) in [6.45, 7) is 1.18. The first-order valence-corrected chi connectivity index (χ1v) is 9.10. The van der Waals surface area contributed by atoms with Crippen molar-refractivity contribution < 1.29 is 9.90 Å². The molecule has 5 heteroatoms. The van der Waals surface area contributed by atoms with Gasteiger partial charge < -0.3 is 14.6 Å². The van der Waals surface area contributed by atoms with Crippen molar-refractivity contribution in [2.45, 2.75) is 37.7 Å². The van der Waals surface area contributed by atoms with Crippen LogP contribution < -0.4 is 5.56 Å². The fraction of sp³-hybridized carbons (Fsp3) is 0.500. The normalized spacial score (nSPS) is 26.5. The van der Waals surface area contributed by atoms with Gasteiger partial charge >= 0.3 is 0 Å². The maximum atomic E-state index is 13.2. The lowest BCUT2D eigenvalue weighted by Gasteiger charge is -2.47. The summed E-state index contributed by atoms with van der Waals surface area (Å²) in [5.74, 6) is 0.122. The van der Waals surface area contributed by atoms with Gasteiger partial charge in [-0.25, -0.2) is 0 Å². The Bertz CT molecular complexity index is 888. The van der Waals surface area contributed by atoms with Crippen LogP contribution >= 0.6 is 0 Å². The molecule has 0 bridgehead atoms. The van der Waals surface area contributed by atoms with Gasteiger partial charge in [-0.15, -0.1) is 0 Å². The van der Waals surface area contributed by atoms with E-state index in [1.54, 1.807) is 19.3 Å². The maximum absolute atomic E-state index is 13.2. The third kappa shape index (κ3) is 2.67. The smallest absolute Gasteiger partial charge is 0.258 e. The first-order valence-electron chi connectivity index (χ1n) is 9.10. The number of benzene rings is 1. The van der Waals surface area contributed by atoms with Gasteiger partial charge in [0.15, 0.2) is 0 Å². The minimum Gasteiger partial charge on any atom is -0.389 e. The second-order valence-corrected chi connectivity index (χ2v) is 7.55. The highest BCUT2D eigenvalue weighted by molar-refractivity contribution is 6.06. The highest BCUT2D eigenvalue weighted by Crippen LogP contribution is 2.40. The van der Waals surface area contributed by atoms with Crippen molar-refractivity contribution in [3.05, 3.63) is 46.4 Å². The van der Waals surface area contributed by atoms with Crippen molar-refractivity contribution in [2.24, 2.45) is 13.0 Å². The van der Waals surface area contributed by atoms with Crippen molar-refractivity contribution in [1.82, 2.24) is 9.47 Å². The second-order valence-electron chi connectivity index (χ2n) is 7.55. The average Bonchev–Trinajstić information content (AvgIpc) is 2.63. The Morgan fingerprint density at radius 3 is 2.76 bits per heavy atom. The molecule has 5 nitrogen and oxygen atoms in total. The van der Waals surface area contributed by atoms with E-state index in [0.717, 1.165) is 25.7 Å². The van der Waals surface area contributed by atoms with Crippen LogP contribution in [0.3, 0.4) is 0 Å². The molecule has 2 heterocycles. The van der Waals surface area contributed by atoms with Gasteiger partial charge in [0.05, 0.1) is 11.2 Å². The monoisotopic (exact) mass is 340 g/mol. The van der Waals surface area contributed by atoms with Gasteiger partial charge in [0.25, 0.3) is 11.5 Å². The molecule has 1 amide bonds. The zero-order valence-electron chi connectivity index (χ0n) is 14.6. The van der Waals surface area contributed by atoms with E-state index in [-0.39, 0.29) is 17.4 Å². The van der Waals surface area contributed by atoms with E-state index in [2.05, 4.69) is 0 Å². The van der Waals surface area contributed by atoms with Crippen molar-refractivity contribution in [1.29, 1.82) is 0 Å². The van der Waals surface area contributed by atoms with E-state index < -0.39 is 5.60 Å². The Morgan fingerprint density at radius 2 is 1.96 bits per heavy atom. The lowest BCUT2D eigenvalue weighted by molar-refractivity contribution is -0.0886. The number of carbonyl (C=O) groups excluding carboxylic acids is 1. The van der Waals surface area contributed by atoms with Crippen LogP contribution in [0.2, 0.25) is 0 Å². The summed E-state index contributed by atoms with van der Waals surface area (Å²) in [6.07, 6.45) is 6.32. The van der Waals surface area contributed by atoms with Gasteiger partial charge in [-0.2, -0.15) is 0 Å². The molecule has 1 aromatic carbocycles. The SMILES string of the molecule is Cn1cc(C(=O)N2CC[C@@]3(O)CCCC[C@@H]3C2)c2ccccc2c1=O. The number of rotatable bonds is 1. The van der Waals surface area contributed by atoms with Crippen LogP contribution in [0.1, 0.15) is 42.5 Å². The van der Waals surface area contributed by atoms with Gasteiger partial charge in [0.1, 0.15) is 0 Å². The highest BCUT2D eigenvalue weighted by Gasteiger charge is 2.43. The quantitative estimate of drug-likeness (QED) is 0.866. The van der Waals surface area contributed by atoms with Crippen molar-refractivity contribution in [3.63, 3.8) is 0 Å². The van der Waals surface area contributed by atoms with Gasteiger partial charge in [0.2, 0.25) is 0 Å². The molecule has 2 fully saturated rings. The van der Waals surface area contributed by atoms with Crippen LogP contribution in [0, 0.1) is 5.92 Å². The molecule has 2 aliphatic rings. The second kappa shape index (κ2) is 5.99. The van der Waals surface area contributed by atoms with Crippen LogP contribution in [-0.2, 0) is 7.05 Å². The van der Waals surface area contributed by atoms with Crippen LogP contribution in [0.15, 0.2) is 35.3 Å². The first-order chi connectivity index (χ1) is 12.0. The molecular weight excluding hydrogens is 316 g/mol. The Kier molecular flexibility index (Phi) is 3.91. The predicted octanol–water partition coefficient (Wildman–Crippen LogP) is 2.31. The van der Waals surface area contributed by atoms with E-state index >= 15 is 0 Å². The number of hydrogen-bond acceptors (Lipinski definition) is 3. The number of aromatic nitrogens is 1. The van der Waals surface area contributed by atoms with E-state index in [4.69, 9.17) is 0 Å². The fourth-order valence-corrected chi connectivity index (χ4v) is 4.51. The molecule has 1 aliphatic carbocycles. The number of nitrogens with zero attached hydrogens (tertiary/aromatic N) is 2. The van der Waals surface area contributed by atoms with Crippen LogP contribution in [0.5, 0.6) is 0 Å². The lowest BCUT2D eigenvalue weighted by Crippen LogP contribution is -2.54. The Labute approximate surface area is 146 Å². The zero-order chi connectivity index (χ0) is 17.6. The largest absolute Gasteiger partial charge is 0.389 e. The van der Waals surface area contributed by atoms with Crippen LogP contribution in [0.25, 0.3) is 10.8 Å². The Morgan fingerprint density at radius 1 is 1.20 bits per heavy atom. The number of aryl methyl sites for hydroxylation is 1. The number of fused-ring (bicyclic) bond motifs is 2. The molecule has 25 heavy (non-hydrogen) atoms. The number of likely N-dealkylation sites (tertiary alicyclic amines) is 1. The van der Waals surface area contributed by atoms with Crippen LogP contribution in [-0.4, -0.2) is 39.2 Å². The predicted molar refractivity (Wildman–Crippen MR) is 96.6 cm³/mol. The minimum absolute atomic E-state index is 0.0422. The van der Waals surface area contributed by atoms with E-state index in [1.807, 2.05) is 23.1 Å². The van der Waals surface area contributed by atoms with Crippen molar-refractivity contribution in [3.8, 4) is 0 Å². The van der Waals surface area contributed by atoms with E-state index in [0.29, 0.717) is 35.8 Å². The Hall–Kier alpha value is -2.14. The molecule has 0 spiro atoms. The van der Waals surface area contributed by atoms with E-state index in [1.165, 1.54) is 4.57 Å². The van der Waals surface area contributed by atoms with Crippen LogP contribution in [0.4, 0.5) is 0 Å². The lowest BCUT2D eigenvalue weighted by atomic mass is 9.71. The highest BCUT2D eigenvalue weighted by atomic mass is 16.3. The third-order valence-electron chi connectivity index (χ3n) is 6.04. The molecular formula is C20H24N2O3. The van der Waals surface area contributed by atoms with Gasteiger partial charge in [-0.3, -0.25) is 9.59 Å². The number of aliphatic hydroxyl groups is 1. The molecule has 2 aromatic rings. The van der Waals surface area contributed by atoms with E-state index in [9.17, 15) is 14.7 Å². The average molecular weight is 340 g/mol. The number of carbonyl (C=O) groups is 1. The first kappa shape index (κ1) is 16.3. The number of amides is 1. The molecule has 0 radical (unpaired) electrons. The summed E-state index contributed by atoms with van der Waals surface area (Å²) in [6, 6.07) is 7.28. The van der Waals surface area contributed by atoms with Crippen molar-refractivity contribution >= 4 is 16.7 Å². The number of pyridine rings is 1. The summed E-state index contributed by atoms with van der Waals surface area (Å²) in [7, 11) is 1.68. The maximum Gasteiger partial charge on any atom is 0.258 e. The summed E-state index contributed by atoms with van der Waals surface area (Å²) in [4.78, 5) is 27.4. The standard InChI is InChI=1S/C20H24N2O3/c1-21-13-17(15-7-2-3-8-16(15)18(21)23)19(24)22-11-10-20(25)9-5-4-6-14(20)12-22/h2-3,7-8,13-14,25H,4-6,9-12H2,1H3/t14-,20+/m1/s1. The molecule has 1 N–H and O–H groups in total. The molecule has 132 valence electrons. The molecule has 0 unspecified atom stereocenters. The molecule has 1 saturated carbocycles. The minimum atomic E-state index is -0.597. The van der Waals surface area contributed by atoms with Gasteiger partial charge in [0, 0.05) is 43.0 Å². The Balaban J connectivity index is 1.69. The molecule has 1 aromatic heterocycles. The topological polar surface area (TPSA) is 62.5 Å². The molecule has 4 rings (SSSR count). The molecule has 2 atom stereocenters. The number of hydrogen-bond donors (Lipinski definition) is 1. The van der Waals surface area contributed by atoms with Crippen molar-refractivity contribution in [2.75, 3.05) is 13.1 Å². The summed E-state index contributed by atoms with van der Waals surface area (Å²) < 4.78 is 1.48. The number of piperidine rings is 1. The van der Waals surface area contributed by atoms with Gasteiger partial charge in [-0.1, -0.05) is 31.0 Å². The fourth-order valence-electron chi connectivity index (χ4n) is 4.51. The molecule has 1 aliphatic heterocycles.